The van der Waals surface area contributed by atoms with Crippen molar-refractivity contribution in [2.24, 2.45) is 0 Å². The van der Waals surface area contributed by atoms with Crippen molar-refractivity contribution in [1.29, 1.82) is 0 Å². The fraction of sp³-hybridized carbons (Fsp3) is 0.267. The van der Waals surface area contributed by atoms with Crippen LogP contribution in [0.25, 0.3) is 0 Å². The van der Waals surface area contributed by atoms with Crippen molar-refractivity contribution >= 4 is 23.2 Å². The van der Waals surface area contributed by atoms with Crippen molar-refractivity contribution in [3.8, 4) is 0 Å². The Morgan fingerprint density at radius 2 is 1.00 bits per heavy atom. The highest BCUT2D eigenvalue weighted by Crippen LogP contribution is 2.55. The molecule has 0 saturated heterocycles. The third kappa shape index (κ3) is 7.42. The highest BCUT2D eigenvalue weighted by Gasteiger charge is 2.44. The molecule has 168 valence electrons. The first-order valence-electron chi connectivity index (χ1n) is 11.7. The molecule has 0 aliphatic rings. The number of halogens is 1. The average molecular weight is 554 g/mol. The minimum atomic E-state index is -1.70. The van der Waals surface area contributed by atoms with Crippen LogP contribution in [0.15, 0.2) is 115 Å². The second-order valence-corrected chi connectivity index (χ2v) is 11.6. The monoisotopic (exact) mass is 554 g/mol. The molecule has 0 N–H and O–H groups in total. The maximum absolute atomic E-state index is 2.39. The molecule has 0 aromatic heterocycles. The Labute approximate surface area is 213 Å². The fourth-order valence-electron chi connectivity index (χ4n) is 4.17. The van der Waals surface area contributed by atoms with E-state index >= 15 is 0 Å². The molecule has 0 radical (unpaired) electrons. The largest absolute Gasteiger partial charge is 1.00 e. The van der Waals surface area contributed by atoms with Crippen molar-refractivity contribution in [2.75, 3.05) is 6.16 Å². The van der Waals surface area contributed by atoms with Gasteiger partial charge in [-0.1, -0.05) is 98.7 Å². The highest BCUT2D eigenvalue weighted by molar-refractivity contribution is 7.95. The number of rotatable bonds is 12. The van der Waals surface area contributed by atoms with Crippen LogP contribution in [-0.2, 0) is 0 Å². The second-order valence-electron chi connectivity index (χ2n) is 8.00. The smallest absolute Gasteiger partial charge is 0.112 e. The summed E-state index contributed by atoms with van der Waals surface area (Å²) < 4.78 is 0. The van der Waals surface area contributed by atoms with Crippen molar-refractivity contribution in [3.05, 3.63) is 115 Å². The van der Waals surface area contributed by atoms with Gasteiger partial charge in [-0.3, -0.25) is 0 Å². The molecule has 0 aliphatic heterocycles. The van der Waals surface area contributed by atoms with E-state index in [1.54, 1.807) is 0 Å². The second kappa shape index (κ2) is 15.2. The zero-order valence-electron chi connectivity index (χ0n) is 19.2. The molecule has 0 aliphatic carbocycles. The van der Waals surface area contributed by atoms with Crippen molar-refractivity contribution in [1.82, 2.24) is 0 Å². The van der Waals surface area contributed by atoms with E-state index in [0.29, 0.717) is 0 Å². The molecular formula is C30H36IP. The average Bonchev–Trinajstić information content (AvgIpc) is 2.84. The highest BCUT2D eigenvalue weighted by atomic mass is 127. The Hall–Kier alpha value is -1.70. The Bertz CT molecular complexity index is 820. The molecule has 3 aromatic rings. The number of benzene rings is 3. The van der Waals surface area contributed by atoms with Crippen LogP contribution >= 0.6 is 7.26 Å². The van der Waals surface area contributed by atoms with E-state index in [2.05, 4.69) is 122 Å². The van der Waals surface area contributed by atoms with E-state index < -0.39 is 7.26 Å². The molecule has 0 amide bonds. The lowest BCUT2D eigenvalue weighted by atomic mass is 10.2. The quantitative estimate of drug-likeness (QED) is 0.134. The predicted molar refractivity (Wildman–Crippen MR) is 142 cm³/mol. The normalized spacial score (nSPS) is 11.7. The van der Waals surface area contributed by atoms with Gasteiger partial charge >= 0.3 is 0 Å². The summed E-state index contributed by atoms with van der Waals surface area (Å²) in [5.74, 6) is 0. The van der Waals surface area contributed by atoms with Gasteiger partial charge < -0.3 is 24.0 Å². The summed E-state index contributed by atoms with van der Waals surface area (Å²) in [6, 6.07) is 33.5. The van der Waals surface area contributed by atoms with Crippen LogP contribution < -0.4 is 39.9 Å². The van der Waals surface area contributed by atoms with Crippen molar-refractivity contribution in [3.63, 3.8) is 0 Å². The molecule has 0 spiro atoms. The van der Waals surface area contributed by atoms with E-state index in [9.17, 15) is 0 Å². The molecule has 0 saturated carbocycles. The number of hydrogen-bond donors (Lipinski definition) is 0. The van der Waals surface area contributed by atoms with Gasteiger partial charge in [-0.15, -0.1) is 0 Å². The van der Waals surface area contributed by atoms with E-state index in [-0.39, 0.29) is 24.0 Å². The SMILES string of the molecule is CCCCCC=CCC=CCC[P+](c1ccccc1)(c1ccccc1)c1ccccc1.[I-]. The zero-order chi connectivity index (χ0) is 21.6. The van der Waals surface area contributed by atoms with E-state index in [1.165, 1.54) is 41.6 Å². The van der Waals surface area contributed by atoms with Crippen LogP contribution in [0, 0.1) is 0 Å². The van der Waals surface area contributed by atoms with Gasteiger partial charge in [-0.05, 0) is 55.7 Å². The molecule has 32 heavy (non-hydrogen) atoms. The first kappa shape index (κ1) is 26.6. The van der Waals surface area contributed by atoms with Gasteiger partial charge in [0.05, 0.1) is 6.16 Å². The van der Waals surface area contributed by atoms with E-state index in [0.717, 1.165) is 19.0 Å². The molecule has 3 aromatic carbocycles. The third-order valence-corrected chi connectivity index (χ3v) is 10.3. The summed E-state index contributed by atoms with van der Waals surface area (Å²) in [5.41, 5.74) is 0. The van der Waals surface area contributed by atoms with Crippen LogP contribution in [0.3, 0.4) is 0 Å². The van der Waals surface area contributed by atoms with Crippen molar-refractivity contribution in [2.45, 2.75) is 45.4 Å². The van der Waals surface area contributed by atoms with Gasteiger partial charge in [0, 0.05) is 6.42 Å². The van der Waals surface area contributed by atoms with E-state index in [1.807, 2.05) is 0 Å². The van der Waals surface area contributed by atoms with Crippen LogP contribution in [0.5, 0.6) is 0 Å². The lowest BCUT2D eigenvalue weighted by Crippen LogP contribution is -3.00. The standard InChI is InChI=1S/C30H36P.HI/c1-2-3-4-5-6-7-8-9-10-20-27-31(28-21-14-11-15-22-28,29-23-16-12-17-24-29)30-25-18-13-19-26-30;/h6-7,9-19,21-26H,2-5,8,20,27H2,1H3;1H/q+1;/p-1. The lowest BCUT2D eigenvalue weighted by Gasteiger charge is -2.27. The van der Waals surface area contributed by atoms with Crippen LogP contribution in [-0.4, -0.2) is 6.16 Å². The summed E-state index contributed by atoms with van der Waals surface area (Å²) in [7, 11) is -1.70. The lowest BCUT2D eigenvalue weighted by molar-refractivity contribution is -0.00000619. The summed E-state index contributed by atoms with van der Waals surface area (Å²) in [6.07, 6.45) is 17.8. The van der Waals surface area contributed by atoms with Crippen LogP contribution in [0.1, 0.15) is 45.4 Å². The molecule has 0 nitrogen and oxygen atoms in total. The summed E-state index contributed by atoms with van der Waals surface area (Å²) in [4.78, 5) is 0. The minimum Gasteiger partial charge on any atom is -1.00 e. The van der Waals surface area contributed by atoms with Crippen LogP contribution in [0.2, 0.25) is 0 Å². The van der Waals surface area contributed by atoms with Gasteiger partial charge in [-0.25, -0.2) is 0 Å². The van der Waals surface area contributed by atoms with Crippen LogP contribution in [0.4, 0.5) is 0 Å². The Morgan fingerprint density at radius 3 is 1.44 bits per heavy atom. The minimum absolute atomic E-state index is 0. The van der Waals surface area contributed by atoms with E-state index in [4.69, 9.17) is 0 Å². The summed E-state index contributed by atoms with van der Waals surface area (Å²) in [6.45, 7) is 2.26. The molecular weight excluding hydrogens is 518 g/mol. The molecule has 0 bridgehead atoms. The molecule has 3 rings (SSSR count). The number of hydrogen-bond acceptors (Lipinski definition) is 0. The van der Waals surface area contributed by atoms with Gasteiger partial charge in [0.2, 0.25) is 0 Å². The third-order valence-electron chi connectivity index (χ3n) is 5.80. The zero-order valence-corrected chi connectivity index (χ0v) is 22.3. The Balaban J connectivity index is 0.00000363. The van der Waals surface area contributed by atoms with Gasteiger partial charge in [0.1, 0.15) is 23.2 Å². The maximum Gasteiger partial charge on any atom is 0.112 e. The van der Waals surface area contributed by atoms with Crippen molar-refractivity contribution < 1.29 is 24.0 Å². The summed E-state index contributed by atoms with van der Waals surface area (Å²) in [5, 5.41) is 4.41. The Morgan fingerprint density at radius 1 is 0.562 bits per heavy atom. The molecule has 0 heterocycles. The molecule has 0 atom stereocenters. The molecule has 2 heteroatoms. The number of allylic oxidation sites excluding steroid dienone is 4. The Kier molecular flexibility index (Phi) is 12.6. The first-order chi connectivity index (χ1) is 15.4. The van der Waals surface area contributed by atoms with Gasteiger partial charge in [0.25, 0.3) is 0 Å². The van der Waals surface area contributed by atoms with Gasteiger partial charge in [0.15, 0.2) is 0 Å². The first-order valence-corrected chi connectivity index (χ1v) is 13.7. The maximum atomic E-state index is 2.39. The number of unbranched alkanes of at least 4 members (excludes halogenated alkanes) is 3. The summed E-state index contributed by atoms with van der Waals surface area (Å²) >= 11 is 0. The predicted octanol–water partition coefficient (Wildman–Crippen LogP) is 4.46. The van der Waals surface area contributed by atoms with Gasteiger partial charge in [-0.2, -0.15) is 0 Å². The fourth-order valence-corrected chi connectivity index (χ4v) is 8.42. The topological polar surface area (TPSA) is 0 Å². The molecule has 0 unspecified atom stereocenters. The molecule has 0 fully saturated rings.